The Balaban J connectivity index is 0.000000594. The molecule has 0 saturated carbocycles. The van der Waals surface area contributed by atoms with Crippen LogP contribution in [0, 0.1) is 43.1 Å². The first-order valence-electron chi connectivity index (χ1n) is 26.6. The second-order valence-corrected chi connectivity index (χ2v) is 30.6. The molecule has 20 heteroatoms. The molecule has 0 unspecified atom stereocenters. The van der Waals surface area contributed by atoms with E-state index in [1.165, 1.54) is 80.9 Å². The molecule has 0 aliphatic carbocycles. The standard InChI is InChI=1S/2C26H24P2.2C6H6S.2C2H3N.2ClHO4.2Ni/c2*1-5-13-23(14-6-1)27(24-15-7-2-8-16-24)21-22-28(25-17-9-3-10-18-25)26-19-11-4-12-20-26;2*7-6-4-2-1-3-5-6;2*1-2-3;2*2-1(3,4)5;;/h2*1-20H,21-22H2;2*1-5,7H;2*1H3;2*(H,2,3,4,5);;/q;;;;;;;;2*+2. The Morgan fingerprint density at radius 2 is 0.352 bits per heavy atom. The average molecular weight is 1420 g/mol. The molecule has 460 valence electrons. The van der Waals surface area contributed by atoms with Gasteiger partial charge in [-0.15, -0.1) is 20.5 Å². The van der Waals surface area contributed by atoms with Crippen molar-refractivity contribution in [2.24, 2.45) is 0 Å². The number of nitriles is 2. The Bertz CT molecular complexity index is 2790. The van der Waals surface area contributed by atoms with E-state index in [2.05, 4.69) is 243 Å². The summed E-state index contributed by atoms with van der Waals surface area (Å²) in [6.45, 7) is 2.86. The third kappa shape index (κ3) is 37.6. The Kier molecular flexibility index (Phi) is 44.4. The molecular formula is C68H68Cl2N2Ni2O8P4S2+4. The molecule has 0 heterocycles. The molecular weight excluding hydrogens is 1350 g/mol. The van der Waals surface area contributed by atoms with Gasteiger partial charge in [-0.05, 0) is 97.1 Å². The summed E-state index contributed by atoms with van der Waals surface area (Å²) in [6, 6.07) is 112. The van der Waals surface area contributed by atoms with Crippen LogP contribution in [0.1, 0.15) is 13.8 Å². The van der Waals surface area contributed by atoms with Crippen molar-refractivity contribution in [1.82, 2.24) is 0 Å². The SMILES string of the molecule is CC#N.CC#N.[Ni+2].[Ni+2].[O-][Cl+3]([O-])([O-])[O-].[O-][Cl+3]([O-])([O-])[O-].[S-]c1ccccc1.[S-]c1ccccc1.c1ccc([PH+](CC[PH+](c2ccccc2)c2ccccc2)c2ccccc2)cc1.c1ccc([PH+](CC[PH+](c2ccccc2)c2ccccc2)c2ccccc2)cc1. The van der Waals surface area contributed by atoms with Gasteiger partial charge in [-0.25, -0.2) is 37.3 Å². The zero-order valence-electron chi connectivity index (χ0n) is 48.1. The Labute approximate surface area is 559 Å². The Hall–Kier alpha value is -5.41. The van der Waals surface area contributed by atoms with Gasteiger partial charge in [0.25, 0.3) is 0 Å². The number of hydrogen-bond acceptors (Lipinski definition) is 12. The van der Waals surface area contributed by atoms with Gasteiger partial charge in [-0.1, -0.05) is 206 Å². The first-order valence-corrected chi connectivity index (χ1v) is 36.7. The molecule has 0 atom stereocenters. The number of benzene rings is 10. The molecule has 0 N–H and O–H groups in total. The topological polar surface area (TPSA) is 232 Å². The summed E-state index contributed by atoms with van der Waals surface area (Å²) in [5.41, 5.74) is 0. The van der Waals surface area contributed by atoms with Crippen molar-refractivity contribution in [1.29, 1.82) is 10.5 Å². The summed E-state index contributed by atoms with van der Waals surface area (Å²) in [5.74, 6) is 0. The summed E-state index contributed by atoms with van der Waals surface area (Å²) < 4.78 is 67.9. The number of hydrogen-bond donors (Lipinski definition) is 0. The van der Waals surface area contributed by atoms with E-state index in [-0.39, 0.29) is 33.0 Å². The summed E-state index contributed by atoms with van der Waals surface area (Å²) in [6.07, 6.45) is 5.04. The fourth-order valence-corrected chi connectivity index (χ4v) is 21.0. The van der Waals surface area contributed by atoms with Gasteiger partial charge in [0.05, 0.1) is 86.3 Å². The van der Waals surface area contributed by atoms with E-state index >= 15 is 0 Å². The van der Waals surface area contributed by atoms with Crippen LogP contribution in [0.25, 0.3) is 0 Å². The predicted molar refractivity (Wildman–Crippen MR) is 348 cm³/mol. The molecule has 0 saturated heterocycles. The average Bonchev–Trinajstić information content (AvgIpc) is 3.68. The van der Waals surface area contributed by atoms with E-state index in [9.17, 15) is 0 Å². The number of nitrogens with zero attached hydrogens (tertiary/aromatic N) is 2. The zero-order chi connectivity index (χ0) is 62.7. The second kappa shape index (κ2) is 48.4. The molecule has 0 bridgehead atoms. The van der Waals surface area contributed by atoms with Gasteiger partial charge in [-0.2, -0.15) is 20.3 Å². The molecule has 0 radical (unpaired) electrons. The van der Waals surface area contributed by atoms with Crippen molar-refractivity contribution in [2.75, 3.05) is 24.6 Å². The monoisotopic (exact) mass is 1410 g/mol. The maximum atomic E-state index is 8.49. The van der Waals surface area contributed by atoms with Gasteiger partial charge in [0.2, 0.25) is 0 Å². The van der Waals surface area contributed by atoms with Gasteiger partial charge in [0.1, 0.15) is 24.6 Å². The molecule has 10 rings (SSSR count). The van der Waals surface area contributed by atoms with Crippen molar-refractivity contribution in [3.8, 4) is 12.1 Å². The van der Waals surface area contributed by atoms with Crippen LogP contribution in [0.3, 0.4) is 0 Å². The molecule has 0 aliphatic heterocycles. The molecule has 0 aliphatic rings. The molecule has 0 spiro atoms. The van der Waals surface area contributed by atoms with E-state index in [1.54, 1.807) is 12.1 Å². The smallest absolute Gasteiger partial charge is 0.780 e. The van der Waals surface area contributed by atoms with Crippen molar-refractivity contribution >= 4 is 99.4 Å². The summed E-state index contributed by atoms with van der Waals surface area (Å²) in [7, 11) is -13.0. The predicted octanol–water partition coefficient (Wildman–Crippen LogP) is 4.16. The van der Waals surface area contributed by atoms with E-state index in [4.69, 9.17) is 73.1 Å². The zero-order valence-corrected chi connectivity index (χ0v) is 57.2. The minimum atomic E-state index is -4.94. The minimum Gasteiger partial charge on any atom is -0.780 e. The fraction of sp³-hybridized carbons (Fsp3) is 0.0882. The Morgan fingerprint density at radius 3 is 0.432 bits per heavy atom. The molecule has 88 heavy (non-hydrogen) atoms. The van der Waals surface area contributed by atoms with Crippen LogP contribution < -0.4 is 79.7 Å². The fourth-order valence-electron chi connectivity index (χ4n) is 8.28. The van der Waals surface area contributed by atoms with Gasteiger partial charge in [-0.3, -0.25) is 0 Å². The van der Waals surface area contributed by atoms with Crippen molar-refractivity contribution in [3.63, 3.8) is 0 Å². The van der Waals surface area contributed by atoms with Crippen molar-refractivity contribution < 1.29 is 90.7 Å². The van der Waals surface area contributed by atoms with E-state index in [0.29, 0.717) is 0 Å². The number of rotatable bonds is 14. The molecule has 10 nitrogen and oxygen atoms in total. The summed E-state index contributed by atoms with van der Waals surface area (Å²) >= 11 is 9.62. The molecule has 10 aromatic carbocycles. The van der Waals surface area contributed by atoms with Gasteiger partial charge >= 0.3 is 33.0 Å². The third-order valence-electron chi connectivity index (χ3n) is 11.7. The van der Waals surface area contributed by atoms with Gasteiger partial charge in [0.15, 0.2) is 0 Å². The van der Waals surface area contributed by atoms with E-state index < -0.39 is 52.2 Å². The first kappa shape index (κ1) is 80.6. The van der Waals surface area contributed by atoms with E-state index in [1.807, 2.05) is 60.7 Å². The summed E-state index contributed by atoms with van der Waals surface area (Å²) in [5, 5.41) is 26.8. The van der Waals surface area contributed by atoms with Gasteiger partial charge in [0, 0.05) is 13.8 Å². The molecule has 0 aromatic heterocycles. The van der Waals surface area contributed by atoms with Gasteiger partial charge < -0.3 is 25.3 Å². The van der Waals surface area contributed by atoms with Crippen LogP contribution in [-0.4, -0.2) is 24.6 Å². The first-order chi connectivity index (χ1) is 41.4. The largest absolute Gasteiger partial charge is 2.00 e. The van der Waals surface area contributed by atoms with Crippen LogP contribution in [0.2, 0.25) is 0 Å². The molecule has 0 fully saturated rings. The van der Waals surface area contributed by atoms with Crippen LogP contribution in [0.5, 0.6) is 0 Å². The number of halogens is 2. The normalized spacial score (nSPS) is 9.95. The molecule has 10 aromatic rings. The molecule has 0 amide bonds. The maximum Gasteiger partial charge on any atom is 2.00 e. The van der Waals surface area contributed by atoms with Crippen LogP contribution >= 0.6 is 31.7 Å². The van der Waals surface area contributed by atoms with Crippen LogP contribution in [0.15, 0.2) is 313 Å². The minimum absolute atomic E-state index is 0. The van der Waals surface area contributed by atoms with E-state index in [0.717, 1.165) is 9.79 Å². The Morgan fingerprint density at radius 1 is 0.261 bits per heavy atom. The third-order valence-corrected chi connectivity index (χ3v) is 24.5. The van der Waals surface area contributed by atoms with Crippen LogP contribution in [0.4, 0.5) is 0 Å². The quantitative estimate of drug-likeness (QED) is 0.0849. The maximum absolute atomic E-state index is 8.49. The van der Waals surface area contributed by atoms with Crippen molar-refractivity contribution in [2.45, 2.75) is 23.6 Å². The summed E-state index contributed by atoms with van der Waals surface area (Å²) in [4.78, 5) is 1.81. The van der Waals surface area contributed by atoms with Crippen molar-refractivity contribution in [3.05, 3.63) is 303 Å². The van der Waals surface area contributed by atoms with Crippen LogP contribution in [-0.2, 0) is 58.2 Å². The second-order valence-electron chi connectivity index (χ2n) is 17.7.